The maximum atomic E-state index is 12.6. The van der Waals surface area contributed by atoms with E-state index in [2.05, 4.69) is 5.32 Å². The molecule has 1 amide bonds. The lowest BCUT2D eigenvalue weighted by Crippen LogP contribution is -2.19. The van der Waals surface area contributed by atoms with Gasteiger partial charge in [0.15, 0.2) is 5.78 Å². The summed E-state index contributed by atoms with van der Waals surface area (Å²) >= 11 is 11.9. The molecular formula is C22H17Cl2NO2. The zero-order valence-corrected chi connectivity index (χ0v) is 16.1. The van der Waals surface area contributed by atoms with Gasteiger partial charge < -0.3 is 5.32 Å². The van der Waals surface area contributed by atoms with Crippen LogP contribution in [0.15, 0.2) is 72.8 Å². The fraction of sp³-hybridized carbons (Fsp3) is 0.0909. The van der Waals surface area contributed by atoms with E-state index in [1.807, 2.05) is 24.3 Å². The molecule has 0 aliphatic heterocycles. The first-order valence-electron chi connectivity index (χ1n) is 8.41. The van der Waals surface area contributed by atoms with E-state index in [9.17, 15) is 9.59 Å². The van der Waals surface area contributed by atoms with Gasteiger partial charge in [0, 0.05) is 26.9 Å². The van der Waals surface area contributed by atoms with Crippen LogP contribution in [0, 0.1) is 0 Å². The molecule has 0 radical (unpaired) electrons. The number of hydrogen-bond acceptors (Lipinski definition) is 2. The summed E-state index contributed by atoms with van der Waals surface area (Å²) < 4.78 is 0. The number of halogens is 2. The highest BCUT2D eigenvalue weighted by molar-refractivity contribution is 6.35. The van der Waals surface area contributed by atoms with E-state index in [-0.39, 0.29) is 11.7 Å². The monoisotopic (exact) mass is 397 g/mol. The van der Waals surface area contributed by atoms with E-state index < -0.39 is 5.92 Å². The molecule has 0 aliphatic rings. The largest absolute Gasteiger partial charge is 0.325 e. The van der Waals surface area contributed by atoms with Crippen LogP contribution in [0.1, 0.15) is 34.3 Å². The van der Waals surface area contributed by atoms with Crippen molar-refractivity contribution in [3.63, 3.8) is 0 Å². The Hall–Kier alpha value is -2.62. The van der Waals surface area contributed by atoms with Gasteiger partial charge in [0.25, 0.3) is 0 Å². The van der Waals surface area contributed by atoms with Gasteiger partial charge in [0.1, 0.15) is 0 Å². The number of amides is 1. The third-order valence-electron chi connectivity index (χ3n) is 4.21. The number of benzene rings is 3. The Kier molecular flexibility index (Phi) is 5.94. The summed E-state index contributed by atoms with van der Waals surface area (Å²) in [6, 6.07) is 21.0. The fourth-order valence-corrected chi connectivity index (χ4v) is 3.26. The van der Waals surface area contributed by atoms with Gasteiger partial charge in [0.05, 0.1) is 5.92 Å². The molecule has 5 heteroatoms. The minimum atomic E-state index is -0.453. The van der Waals surface area contributed by atoms with E-state index in [1.54, 1.807) is 55.5 Å². The second-order valence-electron chi connectivity index (χ2n) is 6.19. The second kappa shape index (κ2) is 8.38. The molecule has 0 fully saturated rings. The van der Waals surface area contributed by atoms with Gasteiger partial charge in [-0.2, -0.15) is 0 Å². The van der Waals surface area contributed by atoms with Crippen LogP contribution in [-0.2, 0) is 4.79 Å². The Balaban J connectivity index is 1.79. The predicted molar refractivity (Wildman–Crippen MR) is 110 cm³/mol. The van der Waals surface area contributed by atoms with Crippen molar-refractivity contribution in [2.75, 3.05) is 5.32 Å². The molecule has 0 spiro atoms. The summed E-state index contributed by atoms with van der Waals surface area (Å²) in [6.45, 7) is 1.79. The molecule has 3 aromatic carbocycles. The van der Waals surface area contributed by atoms with Crippen LogP contribution in [0.3, 0.4) is 0 Å². The molecule has 0 heterocycles. The summed E-state index contributed by atoms with van der Waals surface area (Å²) in [4.78, 5) is 25.2. The Morgan fingerprint density at radius 2 is 1.44 bits per heavy atom. The van der Waals surface area contributed by atoms with Gasteiger partial charge in [-0.25, -0.2) is 0 Å². The summed E-state index contributed by atoms with van der Waals surface area (Å²) in [5.74, 6) is -0.740. The molecule has 27 heavy (non-hydrogen) atoms. The highest BCUT2D eigenvalue weighted by Gasteiger charge is 2.18. The molecule has 3 aromatic rings. The van der Waals surface area contributed by atoms with Crippen LogP contribution in [0.5, 0.6) is 0 Å². The summed E-state index contributed by atoms with van der Waals surface area (Å²) in [6.07, 6.45) is 0. The van der Waals surface area contributed by atoms with Crippen molar-refractivity contribution in [1.82, 2.24) is 0 Å². The standard InChI is InChI=1S/C22H17Cl2NO2/c1-14(22(27)25-20-12-18(23)11-19(24)13-20)16-8-5-9-17(10-16)21(26)15-6-3-2-4-7-15/h2-14H,1H3,(H,25,27)/t14-/m1/s1. The smallest absolute Gasteiger partial charge is 0.231 e. The number of hydrogen-bond donors (Lipinski definition) is 1. The normalized spacial score (nSPS) is 11.7. The van der Waals surface area contributed by atoms with Crippen molar-refractivity contribution >= 4 is 40.6 Å². The van der Waals surface area contributed by atoms with Crippen molar-refractivity contribution < 1.29 is 9.59 Å². The molecule has 0 aromatic heterocycles. The highest BCUT2D eigenvalue weighted by atomic mass is 35.5. The molecule has 3 nitrogen and oxygen atoms in total. The molecule has 1 N–H and O–H groups in total. The lowest BCUT2D eigenvalue weighted by atomic mass is 9.95. The lowest BCUT2D eigenvalue weighted by molar-refractivity contribution is -0.117. The van der Waals surface area contributed by atoms with Crippen LogP contribution in [0.25, 0.3) is 0 Å². The van der Waals surface area contributed by atoms with Crippen molar-refractivity contribution in [2.45, 2.75) is 12.8 Å². The lowest BCUT2D eigenvalue weighted by Gasteiger charge is -2.14. The SMILES string of the molecule is C[C@@H](C(=O)Nc1cc(Cl)cc(Cl)c1)c1cccc(C(=O)c2ccccc2)c1. The maximum absolute atomic E-state index is 12.6. The third kappa shape index (κ3) is 4.76. The van der Waals surface area contributed by atoms with Gasteiger partial charge in [-0.1, -0.05) is 71.7 Å². The van der Waals surface area contributed by atoms with Gasteiger partial charge in [-0.3, -0.25) is 9.59 Å². The quantitative estimate of drug-likeness (QED) is 0.539. The van der Waals surface area contributed by atoms with Gasteiger partial charge in [-0.05, 0) is 36.8 Å². The van der Waals surface area contributed by atoms with E-state index in [1.165, 1.54) is 0 Å². The van der Waals surface area contributed by atoms with Crippen molar-refractivity contribution in [3.05, 3.63) is 99.5 Å². The first-order chi connectivity index (χ1) is 12.9. The average Bonchev–Trinajstić information content (AvgIpc) is 2.66. The molecule has 0 bridgehead atoms. The van der Waals surface area contributed by atoms with Gasteiger partial charge in [-0.15, -0.1) is 0 Å². The number of nitrogens with one attached hydrogen (secondary N) is 1. The molecule has 0 saturated carbocycles. The van der Waals surface area contributed by atoms with E-state index in [4.69, 9.17) is 23.2 Å². The molecule has 3 rings (SSSR count). The topological polar surface area (TPSA) is 46.2 Å². The summed E-state index contributed by atoms with van der Waals surface area (Å²) in [5, 5.41) is 3.70. The zero-order chi connectivity index (χ0) is 19.4. The molecule has 0 saturated heterocycles. The van der Waals surface area contributed by atoms with E-state index >= 15 is 0 Å². The Labute approximate surface area is 167 Å². The molecule has 0 aliphatic carbocycles. The van der Waals surface area contributed by atoms with Gasteiger partial charge >= 0.3 is 0 Å². The van der Waals surface area contributed by atoms with Gasteiger partial charge in [0.2, 0.25) is 5.91 Å². The van der Waals surface area contributed by atoms with Crippen molar-refractivity contribution in [1.29, 1.82) is 0 Å². The van der Waals surface area contributed by atoms with Crippen LogP contribution in [-0.4, -0.2) is 11.7 Å². The van der Waals surface area contributed by atoms with Crippen LogP contribution >= 0.6 is 23.2 Å². The first-order valence-corrected chi connectivity index (χ1v) is 9.16. The van der Waals surface area contributed by atoms with E-state index in [0.717, 1.165) is 5.56 Å². The Morgan fingerprint density at radius 1 is 0.815 bits per heavy atom. The predicted octanol–water partition coefficient (Wildman–Crippen LogP) is 5.97. The molecule has 136 valence electrons. The van der Waals surface area contributed by atoms with Crippen molar-refractivity contribution in [2.24, 2.45) is 0 Å². The number of anilines is 1. The van der Waals surface area contributed by atoms with Crippen LogP contribution in [0.2, 0.25) is 10.0 Å². The minimum Gasteiger partial charge on any atom is -0.325 e. The van der Waals surface area contributed by atoms with Crippen LogP contribution in [0.4, 0.5) is 5.69 Å². The van der Waals surface area contributed by atoms with E-state index in [0.29, 0.717) is 26.9 Å². The number of ketones is 1. The highest BCUT2D eigenvalue weighted by Crippen LogP contribution is 2.25. The average molecular weight is 398 g/mol. The second-order valence-corrected chi connectivity index (χ2v) is 7.06. The molecule has 0 unspecified atom stereocenters. The zero-order valence-electron chi connectivity index (χ0n) is 14.6. The first kappa shape index (κ1) is 19.2. The Bertz CT molecular complexity index is 966. The molecule has 1 atom stereocenters. The van der Waals surface area contributed by atoms with Crippen molar-refractivity contribution in [3.8, 4) is 0 Å². The summed E-state index contributed by atoms with van der Waals surface area (Å²) in [5.41, 5.74) is 2.44. The number of carbonyl (C=O) groups is 2. The Morgan fingerprint density at radius 3 is 2.11 bits per heavy atom. The number of rotatable bonds is 5. The third-order valence-corrected chi connectivity index (χ3v) is 4.64. The molecular weight excluding hydrogens is 381 g/mol. The summed E-state index contributed by atoms with van der Waals surface area (Å²) in [7, 11) is 0. The number of carbonyl (C=O) groups excluding carboxylic acids is 2. The maximum Gasteiger partial charge on any atom is 0.231 e. The fourth-order valence-electron chi connectivity index (χ4n) is 2.73. The minimum absolute atomic E-state index is 0.0771. The van der Waals surface area contributed by atoms with Crippen LogP contribution < -0.4 is 5.32 Å².